The summed E-state index contributed by atoms with van der Waals surface area (Å²) in [4.78, 5) is 16.0. The van der Waals surface area contributed by atoms with E-state index in [9.17, 15) is 4.79 Å². The predicted octanol–water partition coefficient (Wildman–Crippen LogP) is 1.75. The number of piperidine rings is 1. The Labute approximate surface area is 108 Å². The van der Waals surface area contributed by atoms with E-state index in [2.05, 4.69) is 15.6 Å². The molecule has 4 nitrogen and oxygen atoms in total. The van der Waals surface area contributed by atoms with E-state index in [4.69, 9.17) is 0 Å². The molecule has 17 heavy (non-hydrogen) atoms. The van der Waals surface area contributed by atoms with Crippen LogP contribution in [0.1, 0.15) is 18.4 Å². The molecule has 0 saturated carbocycles. The summed E-state index contributed by atoms with van der Waals surface area (Å²) in [6.07, 6.45) is 3.74. The van der Waals surface area contributed by atoms with Crippen molar-refractivity contribution in [2.45, 2.75) is 19.8 Å². The van der Waals surface area contributed by atoms with Gasteiger partial charge in [-0.05, 0) is 44.0 Å². The van der Waals surface area contributed by atoms with Crippen molar-refractivity contribution in [3.05, 3.63) is 23.9 Å². The van der Waals surface area contributed by atoms with Gasteiger partial charge in [0, 0.05) is 12.7 Å². The van der Waals surface area contributed by atoms with Crippen LogP contribution in [-0.2, 0) is 4.79 Å². The zero-order chi connectivity index (χ0) is 11.4. The molecule has 0 spiro atoms. The Morgan fingerprint density at radius 3 is 3.06 bits per heavy atom. The highest BCUT2D eigenvalue weighted by Gasteiger charge is 2.20. The first-order valence-electron chi connectivity index (χ1n) is 5.70. The SMILES string of the molecule is Cc1ccnc(NC(=O)C2CCCNC2)c1.Cl. The van der Waals surface area contributed by atoms with Crippen molar-refractivity contribution in [1.82, 2.24) is 10.3 Å². The number of nitrogens with one attached hydrogen (secondary N) is 2. The van der Waals surface area contributed by atoms with E-state index in [1.165, 1.54) is 0 Å². The van der Waals surface area contributed by atoms with Gasteiger partial charge in [-0.2, -0.15) is 0 Å². The molecule has 5 heteroatoms. The van der Waals surface area contributed by atoms with E-state index in [0.717, 1.165) is 31.5 Å². The van der Waals surface area contributed by atoms with E-state index >= 15 is 0 Å². The molecule has 1 atom stereocenters. The maximum atomic E-state index is 11.9. The molecule has 1 aromatic heterocycles. The van der Waals surface area contributed by atoms with Gasteiger partial charge in [0.05, 0.1) is 5.92 Å². The molecule has 1 saturated heterocycles. The Morgan fingerprint density at radius 2 is 2.41 bits per heavy atom. The van der Waals surface area contributed by atoms with Gasteiger partial charge in [-0.1, -0.05) is 0 Å². The summed E-state index contributed by atoms with van der Waals surface area (Å²) in [5.74, 6) is 0.803. The highest BCUT2D eigenvalue weighted by Crippen LogP contribution is 2.13. The second-order valence-electron chi connectivity index (χ2n) is 4.25. The zero-order valence-electron chi connectivity index (χ0n) is 9.90. The van der Waals surface area contributed by atoms with Gasteiger partial charge in [-0.15, -0.1) is 12.4 Å². The Morgan fingerprint density at radius 1 is 1.59 bits per heavy atom. The van der Waals surface area contributed by atoms with Crippen LogP contribution >= 0.6 is 12.4 Å². The number of hydrogen-bond acceptors (Lipinski definition) is 3. The number of amides is 1. The minimum absolute atomic E-state index is 0. The quantitative estimate of drug-likeness (QED) is 0.847. The molecule has 2 rings (SSSR count). The van der Waals surface area contributed by atoms with Gasteiger partial charge >= 0.3 is 0 Å². The number of anilines is 1. The molecule has 94 valence electrons. The zero-order valence-corrected chi connectivity index (χ0v) is 10.7. The summed E-state index contributed by atoms with van der Waals surface area (Å²) in [7, 11) is 0. The van der Waals surface area contributed by atoms with Crippen LogP contribution in [0.5, 0.6) is 0 Å². The first-order valence-corrected chi connectivity index (χ1v) is 5.70. The summed E-state index contributed by atoms with van der Waals surface area (Å²) >= 11 is 0. The van der Waals surface area contributed by atoms with Crippen LogP contribution in [0.3, 0.4) is 0 Å². The normalized spacial score (nSPS) is 19.2. The monoisotopic (exact) mass is 255 g/mol. The largest absolute Gasteiger partial charge is 0.316 e. The summed E-state index contributed by atoms with van der Waals surface area (Å²) < 4.78 is 0. The lowest BCUT2D eigenvalue weighted by atomic mass is 9.99. The fourth-order valence-corrected chi connectivity index (χ4v) is 1.91. The van der Waals surface area contributed by atoms with Crippen LogP contribution in [0.15, 0.2) is 18.3 Å². The molecular formula is C12H18ClN3O. The lowest BCUT2D eigenvalue weighted by Crippen LogP contribution is -2.37. The Hall–Kier alpha value is -1.13. The highest BCUT2D eigenvalue weighted by atomic mass is 35.5. The van der Waals surface area contributed by atoms with Crippen LogP contribution < -0.4 is 10.6 Å². The number of carbonyl (C=O) groups is 1. The molecule has 0 aromatic carbocycles. The lowest BCUT2D eigenvalue weighted by Gasteiger charge is -2.21. The molecule has 1 aliphatic heterocycles. The average molecular weight is 256 g/mol. The summed E-state index contributed by atoms with van der Waals surface area (Å²) in [6.45, 7) is 3.78. The van der Waals surface area contributed by atoms with Gasteiger partial charge in [0.2, 0.25) is 5.91 Å². The van der Waals surface area contributed by atoms with Crippen LogP contribution in [0.25, 0.3) is 0 Å². The number of pyridine rings is 1. The minimum Gasteiger partial charge on any atom is -0.316 e. The van der Waals surface area contributed by atoms with Crippen LogP contribution in [0.4, 0.5) is 5.82 Å². The van der Waals surface area contributed by atoms with E-state index in [1.807, 2.05) is 19.1 Å². The van der Waals surface area contributed by atoms with Crippen molar-refractivity contribution < 1.29 is 4.79 Å². The molecule has 0 radical (unpaired) electrons. The van der Waals surface area contributed by atoms with Crippen molar-refractivity contribution in [2.24, 2.45) is 5.92 Å². The predicted molar refractivity (Wildman–Crippen MR) is 70.4 cm³/mol. The summed E-state index contributed by atoms with van der Waals surface area (Å²) in [5, 5.41) is 6.09. The first kappa shape index (κ1) is 13.9. The van der Waals surface area contributed by atoms with Crippen molar-refractivity contribution >= 4 is 24.1 Å². The van der Waals surface area contributed by atoms with Gasteiger partial charge < -0.3 is 10.6 Å². The molecule has 1 unspecified atom stereocenters. The van der Waals surface area contributed by atoms with Gasteiger partial charge in [0.25, 0.3) is 0 Å². The molecule has 1 aromatic rings. The van der Waals surface area contributed by atoms with E-state index in [1.54, 1.807) is 6.20 Å². The smallest absolute Gasteiger partial charge is 0.229 e. The second kappa shape index (κ2) is 6.57. The third-order valence-electron chi connectivity index (χ3n) is 2.83. The summed E-state index contributed by atoms with van der Waals surface area (Å²) in [5.41, 5.74) is 1.10. The molecule has 1 fully saturated rings. The van der Waals surface area contributed by atoms with Gasteiger partial charge in [-0.3, -0.25) is 4.79 Å². The Bertz CT molecular complexity index is 378. The third-order valence-corrected chi connectivity index (χ3v) is 2.83. The molecular weight excluding hydrogens is 238 g/mol. The minimum atomic E-state index is 0. The molecule has 2 N–H and O–H groups in total. The standard InChI is InChI=1S/C12H17N3O.ClH/c1-9-4-6-14-11(7-9)15-12(16)10-3-2-5-13-8-10;/h4,6-7,10,13H,2-3,5,8H2,1H3,(H,14,15,16);1H. The highest BCUT2D eigenvalue weighted by molar-refractivity contribution is 5.91. The molecule has 1 amide bonds. The van der Waals surface area contributed by atoms with Crippen LogP contribution in [-0.4, -0.2) is 24.0 Å². The number of nitrogens with zero attached hydrogens (tertiary/aromatic N) is 1. The van der Waals surface area contributed by atoms with Crippen molar-refractivity contribution in [2.75, 3.05) is 18.4 Å². The summed E-state index contributed by atoms with van der Waals surface area (Å²) in [6, 6.07) is 3.80. The van der Waals surface area contributed by atoms with Crippen LogP contribution in [0.2, 0.25) is 0 Å². The fraction of sp³-hybridized carbons (Fsp3) is 0.500. The second-order valence-corrected chi connectivity index (χ2v) is 4.25. The maximum Gasteiger partial charge on any atom is 0.229 e. The van der Waals surface area contributed by atoms with E-state index in [0.29, 0.717) is 5.82 Å². The van der Waals surface area contributed by atoms with Crippen LogP contribution in [0, 0.1) is 12.8 Å². The average Bonchev–Trinajstić information content (AvgIpc) is 2.30. The number of halogens is 1. The van der Waals surface area contributed by atoms with Crippen molar-refractivity contribution in [3.8, 4) is 0 Å². The Kier molecular flexibility index (Phi) is 5.38. The maximum absolute atomic E-state index is 11.9. The Balaban J connectivity index is 0.00000144. The molecule has 2 heterocycles. The first-order chi connectivity index (χ1) is 7.75. The van der Waals surface area contributed by atoms with E-state index in [-0.39, 0.29) is 24.2 Å². The number of rotatable bonds is 2. The van der Waals surface area contributed by atoms with E-state index < -0.39 is 0 Å². The number of hydrogen-bond donors (Lipinski definition) is 2. The third kappa shape index (κ3) is 3.98. The van der Waals surface area contributed by atoms with Crippen molar-refractivity contribution in [1.29, 1.82) is 0 Å². The topological polar surface area (TPSA) is 54.0 Å². The van der Waals surface area contributed by atoms with Crippen molar-refractivity contribution in [3.63, 3.8) is 0 Å². The van der Waals surface area contributed by atoms with Gasteiger partial charge in [0.1, 0.15) is 5.82 Å². The lowest BCUT2D eigenvalue weighted by molar-refractivity contribution is -0.120. The number of aromatic nitrogens is 1. The van der Waals surface area contributed by atoms with Gasteiger partial charge in [0.15, 0.2) is 0 Å². The molecule has 1 aliphatic rings. The molecule has 0 bridgehead atoms. The number of aryl methyl sites for hydroxylation is 1. The molecule has 0 aliphatic carbocycles. The fourth-order valence-electron chi connectivity index (χ4n) is 1.91. The van der Waals surface area contributed by atoms with Gasteiger partial charge in [-0.25, -0.2) is 4.98 Å². The number of carbonyl (C=O) groups excluding carboxylic acids is 1.